The summed E-state index contributed by atoms with van der Waals surface area (Å²) in [6.07, 6.45) is -0.993. The molecule has 19 heavy (non-hydrogen) atoms. The number of ether oxygens (including phenoxy) is 2. The van der Waals surface area contributed by atoms with Gasteiger partial charge < -0.3 is 14.4 Å². The van der Waals surface area contributed by atoms with E-state index in [0.717, 1.165) is 0 Å². The van der Waals surface area contributed by atoms with E-state index in [2.05, 4.69) is 10.1 Å². The summed E-state index contributed by atoms with van der Waals surface area (Å²) >= 11 is 0. The molecule has 1 aromatic rings. The summed E-state index contributed by atoms with van der Waals surface area (Å²) in [6, 6.07) is 6.55. The van der Waals surface area contributed by atoms with Crippen molar-refractivity contribution in [1.29, 1.82) is 0 Å². The Labute approximate surface area is 112 Å². The summed E-state index contributed by atoms with van der Waals surface area (Å²) in [5.41, 5.74) is 0.497. The van der Waals surface area contributed by atoms with Gasteiger partial charge in [0, 0.05) is 24.8 Å². The molecule has 0 aromatic heterocycles. The van der Waals surface area contributed by atoms with Gasteiger partial charge >= 0.3 is 12.2 Å². The van der Waals surface area contributed by atoms with Gasteiger partial charge in [0.2, 0.25) is 0 Å². The van der Waals surface area contributed by atoms with Gasteiger partial charge in [-0.25, -0.2) is 9.59 Å². The van der Waals surface area contributed by atoms with Gasteiger partial charge in [-0.05, 0) is 26.0 Å². The molecule has 0 saturated heterocycles. The van der Waals surface area contributed by atoms with E-state index in [1.807, 2.05) is 13.8 Å². The molecule has 0 unspecified atom stereocenters. The summed E-state index contributed by atoms with van der Waals surface area (Å²) in [5.74, 6) is 0.366. The van der Waals surface area contributed by atoms with Crippen molar-refractivity contribution in [2.24, 2.45) is 0 Å². The van der Waals surface area contributed by atoms with E-state index in [1.54, 1.807) is 29.2 Å². The minimum absolute atomic E-state index is 0.366. The van der Waals surface area contributed by atoms with Crippen molar-refractivity contribution in [3.63, 3.8) is 0 Å². The van der Waals surface area contributed by atoms with E-state index >= 15 is 0 Å². The van der Waals surface area contributed by atoms with Gasteiger partial charge in [0.15, 0.2) is 0 Å². The molecule has 0 atom stereocenters. The first kappa shape index (κ1) is 14.8. The molecule has 6 nitrogen and oxygen atoms in total. The molecule has 0 heterocycles. The summed E-state index contributed by atoms with van der Waals surface area (Å²) in [7, 11) is 1.28. The highest BCUT2D eigenvalue weighted by atomic mass is 16.6. The second-order valence-corrected chi connectivity index (χ2v) is 3.68. The Morgan fingerprint density at radius 2 is 1.95 bits per heavy atom. The van der Waals surface area contributed by atoms with Crippen LogP contribution in [0.15, 0.2) is 24.3 Å². The lowest BCUT2D eigenvalue weighted by molar-refractivity contribution is 0.157. The number of amides is 2. The normalized spacial score (nSPS) is 9.63. The van der Waals surface area contributed by atoms with E-state index in [-0.39, 0.29) is 0 Å². The van der Waals surface area contributed by atoms with Crippen LogP contribution < -0.4 is 10.1 Å². The van der Waals surface area contributed by atoms with Crippen LogP contribution in [0.5, 0.6) is 5.75 Å². The molecule has 104 valence electrons. The maximum Gasteiger partial charge on any atom is 0.415 e. The second kappa shape index (κ2) is 7.25. The molecule has 6 heteroatoms. The maximum absolute atomic E-state index is 11.8. The number of nitrogens with zero attached hydrogens (tertiary/aromatic N) is 1. The van der Waals surface area contributed by atoms with Crippen molar-refractivity contribution in [2.45, 2.75) is 13.8 Å². The number of carbonyl (C=O) groups excluding carboxylic acids is 2. The monoisotopic (exact) mass is 266 g/mol. The molecule has 0 aliphatic rings. The Morgan fingerprint density at radius 3 is 2.53 bits per heavy atom. The molecule has 1 aromatic carbocycles. The molecule has 0 aliphatic carbocycles. The number of hydrogen-bond donors (Lipinski definition) is 1. The number of benzene rings is 1. The Morgan fingerprint density at radius 1 is 1.26 bits per heavy atom. The number of carbonyl (C=O) groups is 2. The van der Waals surface area contributed by atoms with Crippen molar-refractivity contribution in [3.05, 3.63) is 24.3 Å². The number of anilines is 1. The predicted octanol–water partition coefficient (Wildman–Crippen LogP) is 2.71. The highest BCUT2D eigenvalue weighted by Gasteiger charge is 2.12. The lowest BCUT2D eigenvalue weighted by Gasteiger charge is -2.18. The zero-order chi connectivity index (χ0) is 14.3. The van der Waals surface area contributed by atoms with Gasteiger partial charge in [-0.2, -0.15) is 0 Å². The molecule has 1 N–H and O–H groups in total. The van der Waals surface area contributed by atoms with E-state index in [9.17, 15) is 9.59 Å². The van der Waals surface area contributed by atoms with Gasteiger partial charge in [0.1, 0.15) is 5.75 Å². The Kier molecular flexibility index (Phi) is 5.66. The molecule has 2 amide bonds. The zero-order valence-corrected chi connectivity index (χ0v) is 11.3. The van der Waals surface area contributed by atoms with E-state index in [4.69, 9.17) is 4.74 Å². The molecule has 0 radical (unpaired) electrons. The van der Waals surface area contributed by atoms with Crippen LogP contribution in [-0.2, 0) is 4.74 Å². The van der Waals surface area contributed by atoms with Crippen LogP contribution in [0.4, 0.5) is 15.3 Å². The number of rotatable bonds is 4. The molecule has 0 aliphatic heterocycles. The molecule has 1 rings (SSSR count). The topological polar surface area (TPSA) is 67.9 Å². The summed E-state index contributed by atoms with van der Waals surface area (Å²) in [6.45, 7) is 4.91. The van der Waals surface area contributed by atoms with Crippen molar-refractivity contribution in [2.75, 3.05) is 25.5 Å². The highest BCUT2D eigenvalue weighted by Crippen LogP contribution is 2.18. The van der Waals surface area contributed by atoms with Crippen LogP contribution in [0.3, 0.4) is 0 Å². The van der Waals surface area contributed by atoms with Crippen LogP contribution in [0.1, 0.15) is 13.8 Å². The van der Waals surface area contributed by atoms with Crippen LogP contribution in [0.2, 0.25) is 0 Å². The van der Waals surface area contributed by atoms with Crippen LogP contribution in [0.25, 0.3) is 0 Å². The van der Waals surface area contributed by atoms with Gasteiger partial charge in [-0.1, -0.05) is 6.07 Å². The lowest BCUT2D eigenvalue weighted by atomic mass is 10.3. The van der Waals surface area contributed by atoms with Gasteiger partial charge in [0.05, 0.1) is 7.11 Å². The van der Waals surface area contributed by atoms with Crippen molar-refractivity contribution in [3.8, 4) is 5.75 Å². The average Bonchev–Trinajstić information content (AvgIpc) is 2.40. The number of hydrogen-bond acceptors (Lipinski definition) is 4. The molecule has 0 bridgehead atoms. The number of methoxy groups -OCH3 is 1. The van der Waals surface area contributed by atoms with Gasteiger partial charge in [-0.3, -0.25) is 5.32 Å². The van der Waals surface area contributed by atoms with Crippen molar-refractivity contribution in [1.82, 2.24) is 4.90 Å². The zero-order valence-electron chi connectivity index (χ0n) is 11.3. The third kappa shape index (κ3) is 4.50. The quantitative estimate of drug-likeness (QED) is 0.909. The first-order chi connectivity index (χ1) is 9.10. The summed E-state index contributed by atoms with van der Waals surface area (Å²) < 4.78 is 9.69. The average molecular weight is 266 g/mol. The Balaban J connectivity index is 2.71. The van der Waals surface area contributed by atoms with Crippen LogP contribution >= 0.6 is 0 Å². The molecular formula is C13H18N2O4. The maximum atomic E-state index is 11.8. The molecule has 0 fully saturated rings. The van der Waals surface area contributed by atoms with E-state index < -0.39 is 12.2 Å². The van der Waals surface area contributed by atoms with Crippen molar-refractivity contribution >= 4 is 17.9 Å². The fourth-order valence-corrected chi connectivity index (χ4v) is 1.45. The van der Waals surface area contributed by atoms with E-state index in [0.29, 0.717) is 24.5 Å². The molecule has 0 saturated carbocycles. The second-order valence-electron chi connectivity index (χ2n) is 3.68. The fourth-order valence-electron chi connectivity index (χ4n) is 1.45. The summed E-state index contributed by atoms with van der Waals surface area (Å²) in [5, 5.41) is 2.50. The van der Waals surface area contributed by atoms with Crippen molar-refractivity contribution < 1.29 is 19.1 Å². The largest absolute Gasteiger partial charge is 0.453 e. The van der Waals surface area contributed by atoms with E-state index in [1.165, 1.54) is 7.11 Å². The predicted molar refractivity (Wildman–Crippen MR) is 71.4 cm³/mol. The Hall–Kier alpha value is -2.24. The van der Waals surface area contributed by atoms with Gasteiger partial charge in [0.25, 0.3) is 0 Å². The first-order valence-corrected chi connectivity index (χ1v) is 6.02. The standard InChI is InChI=1S/C13H18N2O4/c1-4-15(5-2)13(17)19-11-8-6-7-10(9-11)14-12(16)18-3/h6-9H,4-5H2,1-3H3,(H,14,16). The first-order valence-electron chi connectivity index (χ1n) is 6.02. The molecular weight excluding hydrogens is 248 g/mol. The fraction of sp³-hybridized carbons (Fsp3) is 0.385. The SMILES string of the molecule is CCN(CC)C(=O)Oc1cccc(NC(=O)OC)c1. The van der Waals surface area contributed by atoms with Crippen LogP contribution in [0, 0.1) is 0 Å². The Bertz CT molecular complexity index is 444. The minimum Gasteiger partial charge on any atom is -0.453 e. The molecule has 0 spiro atoms. The summed E-state index contributed by atoms with van der Waals surface area (Å²) in [4.78, 5) is 24.4. The van der Waals surface area contributed by atoms with Gasteiger partial charge in [-0.15, -0.1) is 0 Å². The third-order valence-electron chi connectivity index (χ3n) is 2.49. The highest BCUT2D eigenvalue weighted by molar-refractivity contribution is 5.84. The minimum atomic E-state index is -0.577. The van der Waals surface area contributed by atoms with Crippen LogP contribution in [-0.4, -0.2) is 37.3 Å². The number of nitrogens with one attached hydrogen (secondary N) is 1. The lowest BCUT2D eigenvalue weighted by Crippen LogP contribution is -2.33. The smallest absolute Gasteiger partial charge is 0.415 e. The third-order valence-corrected chi connectivity index (χ3v) is 2.49.